The van der Waals surface area contributed by atoms with Crippen molar-refractivity contribution in [2.24, 2.45) is 7.05 Å². The Morgan fingerprint density at radius 2 is 2.26 bits per heavy atom. The number of aryl methyl sites for hydroxylation is 2. The highest BCUT2D eigenvalue weighted by atomic mass is 16.2. The van der Waals surface area contributed by atoms with E-state index in [1.54, 1.807) is 31.8 Å². The van der Waals surface area contributed by atoms with E-state index in [1.807, 2.05) is 0 Å². The van der Waals surface area contributed by atoms with Gasteiger partial charge in [0.1, 0.15) is 11.9 Å². The number of H-pyrrole nitrogens is 1. The molecule has 1 atom stereocenters. The number of carbonyl (C=O) groups is 1. The molecule has 0 saturated heterocycles. The zero-order valence-corrected chi connectivity index (χ0v) is 11.0. The van der Waals surface area contributed by atoms with Crippen LogP contribution in [0.4, 0.5) is 0 Å². The third-order valence-corrected chi connectivity index (χ3v) is 2.78. The van der Waals surface area contributed by atoms with Crippen LogP contribution in [0.3, 0.4) is 0 Å². The normalized spacial score (nSPS) is 12.2. The Kier molecular flexibility index (Phi) is 3.46. The monoisotopic (exact) mass is 261 g/mol. The Bertz CT molecular complexity index is 658. The van der Waals surface area contributed by atoms with Crippen molar-refractivity contribution >= 4 is 5.91 Å². The minimum atomic E-state index is -0.434. The molecule has 2 N–H and O–H groups in total. The zero-order chi connectivity index (χ0) is 14.0. The van der Waals surface area contributed by atoms with Crippen LogP contribution in [-0.2, 0) is 7.05 Å². The van der Waals surface area contributed by atoms with Crippen molar-refractivity contribution in [1.29, 1.82) is 0 Å². The summed E-state index contributed by atoms with van der Waals surface area (Å²) in [6.07, 6.45) is 2.97. The van der Waals surface area contributed by atoms with Gasteiger partial charge in [0.2, 0.25) is 0 Å². The number of carbonyl (C=O) groups excluding carboxylic acids is 1. The average Bonchev–Trinajstić information content (AvgIpc) is 2.75. The highest BCUT2D eigenvalue weighted by Gasteiger charge is 2.17. The molecule has 0 aliphatic heterocycles. The van der Waals surface area contributed by atoms with E-state index < -0.39 is 5.91 Å². The third kappa shape index (κ3) is 2.70. The van der Waals surface area contributed by atoms with Gasteiger partial charge in [-0.1, -0.05) is 0 Å². The molecule has 0 aromatic carbocycles. The van der Waals surface area contributed by atoms with Crippen molar-refractivity contribution in [2.45, 2.75) is 19.9 Å². The van der Waals surface area contributed by atoms with Crippen LogP contribution >= 0.6 is 0 Å². The fourth-order valence-corrected chi connectivity index (χ4v) is 1.77. The van der Waals surface area contributed by atoms with Gasteiger partial charge in [0.05, 0.1) is 6.04 Å². The Hall–Kier alpha value is -2.44. The first kappa shape index (κ1) is 13.0. The number of amides is 1. The second kappa shape index (κ2) is 5.05. The van der Waals surface area contributed by atoms with Gasteiger partial charge < -0.3 is 14.9 Å². The van der Waals surface area contributed by atoms with Crippen LogP contribution in [0, 0.1) is 6.92 Å². The molecule has 7 heteroatoms. The summed E-state index contributed by atoms with van der Waals surface area (Å²) in [4.78, 5) is 26.6. The van der Waals surface area contributed by atoms with Gasteiger partial charge in [-0.3, -0.25) is 9.59 Å². The number of hydrogen-bond acceptors (Lipinski definition) is 4. The maximum absolute atomic E-state index is 12.0. The first-order valence-corrected chi connectivity index (χ1v) is 5.83. The standard InChI is InChI=1S/C12H15N5O2/c1-7-4-10(18)9(5-13-7)12(19)15-8(2)11-16-14-6-17(11)3/h4-6,8H,1-3H3,(H,13,18)(H,15,19). The first-order chi connectivity index (χ1) is 8.99. The van der Waals surface area contributed by atoms with Crippen LogP contribution in [0.2, 0.25) is 0 Å². The Balaban J connectivity index is 2.18. The lowest BCUT2D eigenvalue weighted by molar-refractivity contribution is 0.0936. The van der Waals surface area contributed by atoms with Crippen molar-refractivity contribution in [3.8, 4) is 0 Å². The van der Waals surface area contributed by atoms with Gasteiger partial charge in [-0.25, -0.2) is 0 Å². The van der Waals surface area contributed by atoms with Crippen molar-refractivity contribution in [1.82, 2.24) is 25.1 Å². The number of hydrogen-bond donors (Lipinski definition) is 2. The van der Waals surface area contributed by atoms with E-state index in [1.165, 1.54) is 12.3 Å². The molecule has 0 aliphatic carbocycles. The molecule has 1 unspecified atom stereocenters. The van der Waals surface area contributed by atoms with Gasteiger partial charge >= 0.3 is 0 Å². The van der Waals surface area contributed by atoms with E-state index in [9.17, 15) is 9.59 Å². The third-order valence-electron chi connectivity index (χ3n) is 2.78. The Morgan fingerprint density at radius 3 is 2.84 bits per heavy atom. The molecular formula is C12H15N5O2. The lowest BCUT2D eigenvalue weighted by Crippen LogP contribution is -2.32. The molecule has 2 aromatic rings. The summed E-state index contributed by atoms with van der Waals surface area (Å²) in [6.45, 7) is 3.54. The maximum Gasteiger partial charge on any atom is 0.257 e. The predicted molar refractivity (Wildman–Crippen MR) is 68.7 cm³/mol. The van der Waals surface area contributed by atoms with Gasteiger partial charge in [0.25, 0.3) is 5.91 Å². The topological polar surface area (TPSA) is 92.7 Å². The summed E-state index contributed by atoms with van der Waals surface area (Å²) in [5.41, 5.74) is 0.487. The highest BCUT2D eigenvalue weighted by Crippen LogP contribution is 2.07. The molecule has 2 rings (SSSR count). The lowest BCUT2D eigenvalue weighted by atomic mass is 10.2. The van der Waals surface area contributed by atoms with Crippen LogP contribution < -0.4 is 10.7 Å². The molecule has 100 valence electrons. The second-order valence-corrected chi connectivity index (χ2v) is 4.39. The second-order valence-electron chi connectivity index (χ2n) is 4.39. The van der Waals surface area contributed by atoms with Gasteiger partial charge in [-0.15, -0.1) is 10.2 Å². The summed E-state index contributed by atoms with van der Waals surface area (Å²) >= 11 is 0. The van der Waals surface area contributed by atoms with Crippen LogP contribution in [0.25, 0.3) is 0 Å². The van der Waals surface area contributed by atoms with Crippen LogP contribution in [-0.4, -0.2) is 25.7 Å². The molecule has 0 spiro atoms. The summed E-state index contributed by atoms with van der Waals surface area (Å²) in [5.74, 6) is 0.189. The molecule has 2 aromatic heterocycles. The molecule has 0 aliphatic rings. The largest absolute Gasteiger partial charge is 0.364 e. The SMILES string of the molecule is Cc1cc(=O)c(C(=O)NC(C)c2nncn2C)c[nH]1. The smallest absolute Gasteiger partial charge is 0.257 e. The Morgan fingerprint density at radius 1 is 1.53 bits per heavy atom. The predicted octanol–water partition coefficient (Wildman–Crippen LogP) is 0.303. The van der Waals surface area contributed by atoms with E-state index in [2.05, 4.69) is 20.5 Å². The molecule has 0 fully saturated rings. The molecule has 19 heavy (non-hydrogen) atoms. The number of nitrogens with one attached hydrogen (secondary N) is 2. The number of pyridine rings is 1. The summed E-state index contributed by atoms with van der Waals surface area (Å²) in [5, 5.41) is 10.4. The lowest BCUT2D eigenvalue weighted by Gasteiger charge is -2.12. The number of aromatic amines is 1. The van der Waals surface area contributed by atoms with Gasteiger partial charge in [-0.05, 0) is 13.8 Å². The minimum Gasteiger partial charge on any atom is -0.364 e. The van der Waals surface area contributed by atoms with Crippen LogP contribution in [0.1, 0.15) is 34.8 Å². The van der Waals surface area contributed by atoms with Crippen LogP contribution in [0.15, 0.2) is 23.4 Å². The minimum absolute atomic E-state index is 0.0830. The summed E-state index contributed by atoms with van der Waals surface area (Å²) < 4.78 is 1.71. The maximum atomic E-state index is 12.0. The van der Waals surface area contributed by atoms with E-state index in [4.69, 9.17) is 0 Å². The molecular weight excluding hydrogens is 246 g/mol. The van der Waals surface area contributed by atoms with Crippen LogP contribution in [0.5, 0.6) is 0 Å². The highest BCUT2D eigenvalue weighted by molar-refractivity contribution is 5.93. The first-order valence-electron chi connectivity index (χ1n) is 5.83. The number of rotatable bonds is 3. The van der Waals surface area contributed by atoms with E-state index in [0.29, 0.717) is 11.5 Å². The summed E-state index contributed by atoms with van der Waals surface area (Å²) in [7, 11) is 1.79. The van der Waals surface area contributed by atoms with E-state index >= 15 is 0 Å². The van der Waals surface area contributed by atoms with Crippen molar-refractivity contribution in [3.63, 3.8) is 0 Å². The fraction of sp³-hybridized carbons (Fsp3) is 0.333. The van der Waals surface area contributed by atoms with Gasteiger partial charge in [-0.2, -0.15) is 0 Å². The number of aromatic nitrogens is 4. The average molecular weight is 261 g/mol. The van der Waals surface area contributed by atoms with E-state index in [-0.39, 0.29) is 17.0 Å². The zero-order valence-electron chi connectivity index (χ0n) is 11.0. The van der Waals surface area contributed by atoms with Gasteiger partial charge in [0.15, 0.2) is 11.3 Å². The van der Waals surface area contributed by atoms with Crippen molar-refractivity contribution in [3.05, 3.63) is 45.9 Å². The summed E-state index contributed by atoms with van der Waals surface area (Å²) in [6, 6.07) is 1.06. The number of nitrogens with zero attached hydrogens (tertiary/aromatic N) is 3. The van der Waals surface area contributed by atoms with Gasteiger partial charge in [0, 0.05) is 25.0 Å². The van der Waals surface area contributed by atoms with Crippen molar-refractivity contribution in [2.75, 3.05) is 0 Å². The van der Waals surface area contributed by atoms with Crippen molar-refractivity contribution < 1.29 is 4.79 Å². The quantitative estimate of drug-likeness (QED) is 0.831. The van der Waals surface area contributed by atoms with E-state index in [0.717, 1.165) is 0 Å². The molecule has 7 nitrogen and oxygen atoms in total. The fourth-order valence-electron chi connectivity index (χ4n) is 1.77. The molecule has 0 bridgehead atoms. The molecule has 0 radical (unpaired) electrons. The molecule has 2 heterocycles. The molecule has 1 amide bonds. The molecule has 0 saturated carbocycles. The Labute approximate surface area is 109 Å².